The van der Waals surface area contributed by atoms with Crippen molar-refractivity contribution in [3.05, 3.63) is 161 Å². The van der Waals surface area contributed by atoms with E-state index in [1.54, 1.807) is 0 Å². The van der Waals surface area contributed by atoms with Crippen LogP contribution < -0.4 is 23.5 Å². The summed E-state index contributed by atoms with van der Waals surface area (Å²) in [5.74, 6) is 0. The van der Waals surface area contributed by atoms with Gasteiger partial charge >= 0.3 is 0 Å². The molecule has 1 aliphatic carbocycles. The van der Waals surface area contributed by atoms with Crippen molar-refractivity contribution in [3.63, 3.8) is 0 Å². The average Bonchev–Trinajstić information content (AvgIpc) is 3.67. The average molecular weight is 711 g/mol. The minimum atomic E-state index is -4.94. The lowest BCUT2D eigenvalue weighted by Gasteiger charge is -2.24. The van der Waals surface area contributed by atoms with Crippen LogP contribution in [0.25, 0.3) is 27.1 Å². The van der Waals surface area contributed by atoms with Gasteiger partial charge in [-0.2, -0.15) is 4.58 Å². The molecular weight excluding hydrogens is 668 g/mol. The van der Waals surface area contributed by atoms with Gasteiger partial charge in [0.1, 0.15) is 7.05 Å². The van der Waals surface area contributed by atoms with Gasteiger partial charge in [-0.25, -0.2) is 18.6 Å². The van der Waals surface area contributed by atoms with E-state index in [9.17, 15) is 0 Å². The van der Waals surface area contributed by atoms with Gasteiger partial charge < -0.3 is 4.90 Å². The van der Waals surface area contributed by atoms with Crippen molar-refractivity contribution < 1.29 is 33.5 Å². The smallest absolute Gasteiger partial charge is 0.217 e. The molecule has 0 aromatic heterocycles. The molecule has 264 valence electrons. The molecule has 0 saturated heterocycles. The molecule has 0 radical (unpaired) electrons. The molecule has 52 heavy (non-hydrogen) atoms. The van der Waals surface area contributed by atoms with E-state index in [0.29, 0.717) is 0 Å². The monoisotopic (exact) mass is 710 g/mol. The zero-order valence-electron chi connectivity index (χ0n) is 30.4. The number of likely N-dealkylation sites (N-methyl/N-ethyl adjacent to an activating group) is 1. The number of halogens is 1. The maximum absolute atomic E-state index is 8.49. The summed E-state index contributed by atoms with van der Waals surface area (Å²) < 4.78 is 36.4. The summed E-state index contributed by atoms with van der Waals surface area (Å²) in [4.78, 5) is 2.42. The van der Waals surface area contributed by atoms with E-state index in [2.05, 4.69) is 179 Å². The van der Waals surface area contributed by atoms with E-state index < -0.39 is 10.2 Å². The number of nitrogens with zero attached hydrogens (tertiary/aromatic N) is 2. The van der Waals surface area contributed by atoms with E-state index in [0.717, 1.165) is 12.8 Å². The lowest BCUT2D eigenvalue weighted by atomic mass is 9.80. The third-order valence-electron chi connectivity index (χ3n) is 11.1. The van der Waals surface area contributed by atoms with Crippen molar-refractivity contribution >= 4 is 44.2 Å². The van der Waals surface area contributed by atoms with Crippen LogP contribution in [0.3, 0.4) is 0 Å². The fraction of sp³-hybridized carbons (Fsp3) is 0.222. The predicted molar refractivity (Wildman–Crippen MR) is 201 cm³/mol. The predicted octanol–water partition coefficient (Wildman–Crippen LogP) is 6.28. The van der Waals surface area contributed by atoms with Gasteiger partial charge in [0.15, 0.2) is 5.71 Å². The van der Waals surface area contributed by atoms with Crippen LogP contribution in [0.15, 0.2) is 144 Å². The highest BCUT2D eigenvalue weighted by Crippen LogP contribution is 2.50. The minimum absolute atomic E-state index is 0.0857. The molecule has 0 atom stereocenters. The van der Waals surface area contributed by atoms with E-state index in [1.807, 2.05) is 0 Å². The maximum Gasteiger partial charge on any atom is 0.217 e. The number of hydrogen-bond acceptors (Lipinski definition) is 5. The summed E-state index contributed by atoms with van der Waals surface area (Å²) in [7, 11) is -0.473. The molecule has 7 heteroatoms. The number of benzene rings is 5. The summed E-state index contributed by atoms with van der Waals surface area (Å²) in [5, 5.41) is 5.23. The van der Waals surface area contributed by atoms with Crippen molar-refractivity contribution in [1.29, 1.82) is 0 Å². The number of hydrogen-bond donors (Lipinski definition) is 0. The molecule has 5 aromatic carbocycles. The number of fused-ring (bicyclic) bond motifs is 6. The summed E-state index contributed by atoms with van der Waals surface area (Å²) in [5.41, 5.74) is 13.4. The Kier molecular flexibility index (Phi) is 9.10. The molecule has 0 amide bonds. The van der Waals surface area contributed by atoms with Gasteiger partial charge in [0.2, 0.25) is 5.69 Å². The van der Waals surface area contributed by atoms with Crippen LogP contribution in [0.4, 0.5) is 11.4 Å². The van der Waals surface area contributed by atoms with Crippen LogP contribution in [-0.2, 0) is 10.8 Å². The Morgan fingerprint density at radius 2 is 1.23 bits per heavy atom. The zero-order chi connectivity index (χ0) is 37.0. The highest BCUT2D eigenvalue weighted by Gasteiger charge is 2.44. The van der Waals surface area contributed by atoms with Gasteiger partial charge in [-0.1, -0.05) is 123 Å². The Hall–Kier alpha value is -4.82. The molecule has 2 heterocycles. The molecule has 0 N–H and O–H groups in total. The van der Waals surface area contributed by atoms with Crippen LogP contribution in [0.1, 0.15) is 57.2 Å². The summed E-state index contributed by atoms with van der Waals surface area (Å²) in [6.45, 7) is 9.46. The van der Waals surface area contributed by atoms with Crippen molar-refractivity contribution in [3.8, 4) is 0 Å². The minimum Gasteiger partial charge on any atom is -0.347 e. The third kappa shape index (κ3) is 6.31. The highest BCUT2D eigenvalue weighted by atomic mass is 35.7. The lowest BCUT2D eigenvalue weighted by Crippen LogP contribution is -2.68. The SMILES string of the molecule is CN1/C(=C/C=C2\CCC(/C=C/C3=[N+](C)c4c(ccc5ccccc45)C3(C)C)=C2c2ccccc2)C(C)(C)c2ccc3ccccc3c21.[O-][Cl+3]([O-])([O-])[O-]. The Bertz CT molecular complexity index is 2370. The number of rotatable bonds is 4. The molecule has 0 saturated carbocycles. The second kappa shape index (κ2) is 13.3. The third-order valence-corrected chi connectivity index (χ3v) is 11.1. The summed E-state index contributed by atoms with van der Waals surface area (Å²) in [6, 6.07) is 37.7. The first-order valence-electron chi connectivity index (χ1n) is 17.6. The Balaban J connectivity index is 0.000000789. The standard InChI is InChI=1S/C45H43N2.ClHO4/c1-44(2)37-26-22-30-14-10-12-18-35(30)42(37)46(5)39(44)28-24-33-20-21-34(41(33)32-16-8-7-9-17-32)25-29-40-45(3,4)38-27-23-31-15-11-13-19-36(31)43(38)47(40)6;2-1(3,4)5/h7-19,22-29H,20-21H2,1-6H3;(H,2,3,4,5)/q+1;/p-1. The first-order valence-corrected chi connectivity index (χ1v) is 18.8. The van der Waals surface area contributed by atoms with Gasteiger partial charge in [0.05, 0.1) is 16.5 Å². The Morgan fingerprint density at radius 1 is 0.654 bits per heavy atom. The molecule has 2 aliphatic heterocycles. The summed E-state index contributed by atoms with van der Waals surface area (Å²) >= 11 is 0. The molecule has 0 bridgehead atoms. The first kappa shape index (κ1) is 35.6. The highest BCUT2D eigenvalue weighted by molar-refractivity contribution is 6.07. The van der Waals surface area contributed by atoms with Gasteiger partial charge in [0, 0.05) is 35.2 Å². The van der Waals surface area contributed by atoms with E-state index >= 15 is 0 Å². The van der Waals surface area contributed by atoms with E-state index in [4.69, 9.17) is 18.6 Å². The largest absolute Gasteiger partial charge is 0.347 e. The number of allylic oxidation sites excluding steroid dienone is 8. The van der Waals surface area contributed by atoms with E-state index in [1.165, 1.54) is 77.7 Å². The van der Waals surface area contributed by atoms with Crippen molar-refractivity contribution in [1.82, 2.24) is 0 Å². The van der Waals surface area contributed by atoms with Crippen molar-refractivity contribution in [2.24, 2.45) is 0 Å². The van der Waals surface area contributed by atoms with Crippen molar-refractivity contribution in [2.75, 3.05) is 19.0 Å². The second-order valence-corrected chi connectivity index (χ2v) is 15.6. The first-order chi connectivity index (χ1) is 24.7. The fourth-order valence-corrected chi connectivity index (χ4v) is 8.63. The van der Waals surface area contributed by atoms with Crippen LogP contribution >= 0.6 is 0 Å². The van der Waals surface area contributed by atoms with Crippen LogP contribution in [0, 0.1) is 10.2 Å². The molecular formula is C45H43ClN2O4. The van der Waals surface area contributed by atoms with Gasteiger partial charge in [-0.05, 0) is 77.5 Å². The topological polar surface area (TPSA) is 98.5 Å². The molecule has 0 spiro atoms. The molecule has 8 rings (SSSR count). The van der Waals surface area contributed by atoms with Crippen LogP contribution in [0.2, 0.25) is 0 Å². The van der Waals surface area contributed by atoms with Crippen molar-refractivity contribution in [2.45, 2.75) is 51.4 Å². The second-order valence-electron chi connectivity index (χ2n) is 14.8. The summed E-state index contributed by atoms with van der Waals surface area (Å²) in [6.07, 6.45) is 11.7. The Morgan fingerprint density at radius 3 is 1.90 bits per heavy atom. The molecule has 6 nitrogen and oxygen atoms in total. The lowest BCUT2D eigenvalue weighted by molar-refractivity contribution is -2.00. The Labute approximate surface area is 308 Å². The van der Waals surface area contributed by atoms with Crippen LogP contribution in [-0.4, -0.2) is 24.4 Å². The molecule has 3 aliphatic rings. The molecule has 0 unspecified atom stereocenters. The maximum atomic E-state index is 8.49. The van der Waals surface area contributed by atoms with Gasteiger partial charge in [0.25, 0.3) is 0 Å². The number of anilines is 1. The van der Waals surface area contributed by atoms with Gasteiger partial charge in [-0.15, -0.1) is 10.2 Å². The zero-order valence-corrected chi connectivity index (χ0v) is 31.2. The fourth-order valence-electron chi connectivity index (χ4n) is 8.63. The van der Waals surface area contributed by atoms with E-state index in [-0.39, 0.29) is 10.8 Å². The normalized spacial score (nSPS) is 19.3. The van der Waals surface area contributed by atoms with Crippen LogP contribution in [0.5, 0.6) is 0 Å². The molecule has 5 aromatic rings. The van der Waals surface area contributed by atoms with Gasteiger partial charge in [-0.3, -0.25) is 0 Å². The molecule has 0 fully saturated rings. The quantitative estimate of drug-likeness (QED) is 0.205.